The van der Waals surface area contributed by atoms with Gasteiger partial charge in [-0.05, 0) is 37.6 Å². The molecule has 2 aromatic rings. The van der Waals surface area contributed by atoms with Crippen LogP contribution in [0.1, 0.15) is 16.7 Å². The number of benzene rings is 1. The van der Waals surface area contributed by atoms with Gasteiger partial charge in [-0.3, -0.25) is 0 Å². The highest BCUT2D eigenvalue weighted by Crippen LogP contribution is 2.32. The van der Waals surface area contributed by atoms with Crippen LogP contribution in [0, 0.1) is 13.8 Å². The van der Waals surface area contributed by atoms with Crippen molar-refractivity contribution in [2.45, 2.75) is 20.0 Å². The number of rotatable bonds is 2. The van der Waals surface area contributed by atoms with E-state index in [1.807, 2.05) is 26.0 Å². The molecule has 0 unspecified atom stereocenters. The molecule has 0 aliphatic rings. The molecular formula is C14H12ClF3N2. The number of aromatic nitrogens is 1. The van der Waals surface area contributed by atoms with Crippen LogP contribution in [0.4, 0.5) is 24.7 Å². The van der Waals surface area contributed by atoms with Gasteiger partial charge in [-0.25, -0.2) is 4.98 Å². The molecule has 1 aromatic heterocycles. The Hall–Kier alpha value is -1.75. The molecule has 0 radical (unpaired) electrons. The molecule has 0 spiro atoms. The predicted octanol–water partition coefficient (Wildman–Crippen LogP) is 5.11. The van der Waals surface area contributed by atoms with E-state index >= 15 is 0 Å². The molecule has 0 fully saturated rings. The minimum Gasteiger partial charge on any atom is -0.340 e. The molecule has 1 aromatic carbocycles. The maximum atomic E-state index is 12.7. The highest BCUT2D eigenvalue weighted by atomic mass is 35.5. The summed E-state index contributed by atoms with van der Waals surface area (Å²) in [6, 6.07) is 7.32. The lowest BCUT2D eigenvalue weighted by molar-refractivity contribution is -0.137. The standard InChI is InChI=1S/C14H12ClF3N2/c1-8-3-4-11(9(2)5-8)19-13-7-10(14(16,17)18)6-12(15)20-13/h3-7H,1-2H3,(H,19,20). The molecule has 0 amide bonds. The van der Waals surface area contributed by atoms with Gasteiger partial charge in [0.05, 0.1) is 5.56 Å². The van der Waals surface area contributed by atoms with Crippen LogP contribution < -0.4 is 5.32 Å². The average Bonchev–Trinajstić information content (AvgIpc) is 2.31. The van der Waals surface area contributed by atoms with Gasteiger partial charge in [-0.1, -0.05) is 29.3 Å². The maximum Gasteiger partial charge on any atom is 0.416 e. The van der Waals surface area contributed by atoms with E-state index in [1.54, 1.807) is 6.07 Å². The lowest BCUT2D eigenvalue weighted by atomic mass is 10.1. The maximum absolute atomic E-state index is 12.7. The molecule has 0 saturated carbocycles. The molecule has 1 N–H and O–H groups in total. The smallest absolute Gasteiger partial charge is 0.340 e. The normalized spacial score (nSPS) is 11.5. The monoisotopic (exact) mass is 300 g/mol. The number of nitrogens with zero attached hydrogens (tertiary/aromatic N) is 1. The minimum atomic E-state index is -4.45. The van der Waals surface area contributed by atoms with E-state index in [2.05, 4.69) is 10.3 Å². The Morgan fingerprint density at radius 1 is 1.10 bits per heavy atom. The Kier molecular flexibility index (Phi) is 3.90. The Balaban J connectivity index is 2.36. The minimum absolute atomic E-state index is 0.0665. The van der Waals surface area contributed by atoms with Crippen LogP contribution in [0.25, 0.3) is 0 Å². The van der Waals surface area contributed by atoms with E-state index in [1.165, 1.54) is 0 Å². The topological polar surface area (TPSA) is 24.9 Å². The van der Waals surface area contributed by atoms with Crippen molar-refractivity contribution in [1.82, 2.24) is 4.98 Å². The van der Waals surface area contributed by atoms with Gasteiger partial charge in [0, 0.05) is 5.69 Å². The second-order valence-electron chi connectivity index (χ2n) is 4.50. The van der Waals surface area contributed by atoms with Gasteiger partial charge in [0.1, 0.15) is 11.0 Å². The number of aryl methyl sites for hydroxylation is 2. The van der Waals surface area contributed by atoms with Gasteiger partial charge in [0.2, 0.25) is 0 Å². The number of nitrogens with one attached hydrogen (secondary N) is 1. The zero-order chi connectivity index (χ0) is 14.9. The first-order valence-electron chi connectivity index (χ1n) is 5.85. The molecule has 6 heteroatoms. The number of hydrogen-bond acceptors (Lipinski definition) is 2. The van der Waals surface area contributed by atoms with Gasteiger partial charge in [0.15, 0.2) is 0 Å². The summed E-state index contributed by atoms with van der Waals surface area (Å²) in [7, 11) is 0. The highest BCUT2D eigenvalue weighted by molar-refractivity contribution is 6.29. The van der Waals surface area contributed by atoms with Crippen molar-refractivity contribution < 1.29 is 13.2 Å². The largest absolute Gasteiger partial charge is 0.416 e. The second-order valence-corrected chi connectivity index (χ2v) is 4.89. The second kappa shape index (κ2) is 5.32. The quantitative estimate of drug-likeness (QED) is 0.779. The van der Waals surface area contributed by atoms with Gasteiger partial charge < -0.3 is 5.32 Å². The summed E-state index contributed by atoms with van der Waals surface area (Å²) in [5.41, 5.74) is 1.85. The van der Waals surface area contributed by atoms with Crippen LogP contribution in [0.3, 0.4) is 0 Å². The van der Waals surface area contributed by atoms with E-state index in [0.717, 1.165) is 23.3 Å². The third kappa shape index (κ3) is 3.42. The molecule has 0 bridgehead atoms. The summed E-state index contributed by atoms with van der Waals surface area (Å²) in [5.74, 6) is 0.0665. The summed E-state index contributed by atoms with van der Waals surface area (Å²) < 4.78 is 38.1. The molecular weight excluding hydrogens is 289 g/mol. The molecule has 2 nitrogen and oxygen atoms in total. The first-order chi connectivity index (χ1) is 9.25. The van der Waals surface area contributed by atoms with Crippen LogP contribution in [0.2, 0.25) is 5.15 Å². The number of pyridine rings is 1. The number of alkyl halides is 3. The SMILES string of the molecule is Cc1ccc(Nc2cc(C(F)(F)F)cc(Cl)n2)c(C)c1. The Bertz CT molecular complexity index is 639. The lowest BCUT2D eigenvalue weighted by Gasteiger charge is -2.12. The predicted molar refractivity (Wildman–Crippen MR) is 73.4 cm³/mol. The molecule has 20 heavy (non-hydrogen) atoms. The van der Waals surface area contributed by atoms with Crippen LogP contribution >= 0.6 is 11.6 Å². The van der Waals surface area contributed by atoms with E-state index in [0.29, 0.717) is 5.69 Å². The zero-order valence-corrected chi connectivity index (χ0v) is 11.6. The fourth-order valence-corrected chi connectivity index (χ4v) is 2.03. The average molecular weight is 301 g/mol. The zero-order valence-electron chi connectivity index (χ0n) is 10.8. The first-order valence-corrected chi connectivity index (χ1v) is 6.22. The van der Waals surface area contributed by atoms with E-state index in [9.17, 15) is 13.2 Å². The van der Waals surface area contributed by atoms with Gasteiger partial charge >= 0.3 is 6.18 Å². The molecule has 106 valence electrons. The van der Waals surface area contributed by atoms with Crippen molar-refractivity contribution >= 4 is 23.1 Å². The van der Waals surface area contributed by atoms with Crippen molar-refractivity contribution in [2.75, 3.05) is 5.32 Å². The summed E-state index contributed by atoms with van der Waals surface area (Å²) in [4.78, 5) is 3.86. The van der Waals surface area contributed by atoms with Crippen molar-refractivity contribution in [2.24, 2.45) is 0 Å². The van der Waals surface area contributed by atoms with E-state index in [-0.39, 0.29) is 11.0 Å². The number of hydrogen-bond donors (Lipinski definition) is 1. The molecule has 0 aliphatic carbocycles. The Morgan fingerprint density at radius 3 is 2.40 bits per heavy atom. The Morgan fingerprint density at radius 2 is 1.80 bits per heavy atom. The molecule has 0 saturated heterocycles. The van der Waals surface area contributed by atoms with Crippen LogP contribution in [-0.2, 0) is 6.18 Å². The van der Waals surface area contributed by atoms with Crippen molar-refractivity contribution in [3.8, 4) is 0 Å². The van der Waals surface area contributed by atoms with Gasteiger partial charge in [0.25, 0.3) is 0 Å². The highest BCUT2D eigenvalue weighted by Gasteiger charge is 2.31. The molecule has 1 heterocycles. The van der Waals surface area contributed by atoms with Crippen LogP contribution in [0.5, 0.6) is 0 Å². The van der Waals surface area contributed by atoms with E-state index in [4.69, 9.17) is 11.6 Å². The van der Waals surface area contributed by atoms with Crippen molar-refractivity contribution in [1.29, 1.82) is 0 Å². The molecule has 0 atom stereocenters. The van der Waals surface area contributed by atoms with E-state index < -0.39 is 11.7 Å². The number of anilines is 2. The third-order valence-corrected chi connectivity index (χ3v) is 2.96. The fraction of sp³-hybridized carbons (Fsp3) is 0.214. The Labute approximate surface area is 119 Å². The molecule has 0 aliphatic heterocycles. The molecule has 2 rings (SSSR count). The first kappa shape index (κ1) is 14.7. The summed E-state index contributed by atoms with van der Waals surface area (Å²) >= 11 is 5.64. The van der Waals surface area contributed by atoms with Crippen LogP contribution in [0.15, 0.2) is 30.3 Å². The van der Waals surface area contributed by atoms with Crippen molar-refractivity contribution in [3.05, 3.63) is 52.2 Å². The summed E-state index contributed by atoms with van der Waals surface area (Å²) in [6.45, 7) is 3.81. The summed E-state index contributed by atoms with van der Waals surface area (Å²) in [5, 5.41) is 2.66. The number of halogens is 4. The fourth-order valence-electron chi connectivity index (χ4n) is 1.82. The van der Waals surface area contributed by atoms with Gasteiger partial charge in [-0.15, -0.1) is 0 Å². The third-order valence-electron chi connectivity index (χ3n) is 2.77. The van der Waals surface area contributed by atoms with Crippen LogP contribution in [-0.4, -0.2) is 4.98 Å². The van der Waals surface area contributed by atoms with Crippen molar-refractivity contribution in [3.63, 3.8) is 0 Å². The lowest BCUT2D eigenvalue weighted by Crippen LogP contribution is -2.07. The van der Waals surface area contributed by atoms with Gasteiger partial charge in [-0.2, -0.15) is 13.2 Å². The summed E-state index contributed by atoms with van der Waals surface area (Å²) in [6.07, 6.45) is -4.45.